The van der Waals surface area contributed by atoms with Crippen LogP contribution in [0.2, 0.25) is 0 Å². The van der Waals surface area contributed by atoms with Gasteiger partial charge in [0.1, 0.15) is 11.4 Å². The van der Waals surface area contributed by atoms with Gasteiger partial charge in [0.05, 0.1) is 13.2 Å². The van der Waals surface area contributed by atoms with E-state index in [1.807, 2.05) is 18.3 Å². The summed E-state index contributed by atoms with van der Waals surface area (Å²) in [6.07, 6.45) is 1.81. The van der Waals surface area contributed by atoms with Crippen molar-refractivity contribution in [1.29, 1.82) is 0 Å². The summed E-state index contributed by atoms with van der Waals surface area (Å²) in [5.74, 6) is 0.828. The zero-order chi connectivity index (χ0) is 13.0. The number of nitrogens with one attached hydrogen (secondary N) is 1. The molecule has 2 rings (SSSR count). The lowest BCUT2D eigenvalue weighted by atomic mass is 10.0. The van der Waals surface area contributed by atoms with E-state index in [4.69, 9.17) is 4.74 Å². The molecule has 0 radical (unpaired) electrons. The molecule has 0 aromatic carbocycles. The summed E-state index contributed by atoms with van der Waals surface area (Å²) in [6, 6.07) is 3.94. The summed E-state index contributed by atoms with van der Waals surface area (Å²) in [7, 11) is 1.68. The Balaban J connectivity index is 2.45. The predicted octanol–water partition coefficient (Wildman–Crippen LogP) is 3.16. The molecule has 2 heterocycles. The number of hydrogen-bond acceptors (Lipinski definition) is 4. The lowest BCUT2D eigenvalue weighted by Crippen LogP contribution is -2.23. The van der Waals surface area contributed by atoms with E-state index in [-0.39, 0.29) is 6.04 Å². The van der Waals surface area contributed by atoms with Crippen molar-refractivity contribution in [3.8, 4) is 5.75 Å². The third kappa shape index (κ3) is 2.54. The number of methoxy groups -OCH3 is 1. The fraction of sp³-hybridized carbons (Fsp3) is 0.357. The number of aromatic nitrogens is 1. The molecule has 0 saturated carbocycles. The van der Waals surface area contributed by atoms with Crippen LogP contribution in [0.3, 0.4) is 0 Å². The fourth-order valence-electron chi connectivity index (χ4n) is 2.02. The molecule has 0 bridgehead atoms. The van der Waals surface area contributed by atoms with Gasteiger partial charge in [0.2, 0.25) is 0 Å². The highest BCUT2D eigenvalue weighted by atomic mass is 32.1. The molecule has 1 N–H and O–H groups in total. The maximum absolute atomic E-state index is 5.41. The van der Waals surface area contributed by atoms with Gasteiger partial charge in [-0.3, -0.25) is 4.98 Å². The number of rotatable bonds is 5. The first kappa shape index (κ1) is 13.1. The van der Waals surface area contributed by atoms with Gasteiger partial charge in [-0.25, -0.2) is 0 Å². The lowest BCUT2D eigenvalue weighted by molar-refractivity contribution is 0.400. The van der Waals surface area contributed by atoms with Crippen LogP contribution >= 0.6 is 11.3 Å². The minimum Gasteiger partial charge on any atom is -0.495 e. The van der Waals surface area contributed by atoms with E-state index in [1.165, 1.54) is 11.1 Å². The summed E-state index contributed by atoms with van der Waals surface area (Å²) in [6.45, 7) is 5.12. The molecule has 2 aromatic heterocycles. The molecule has 96 valence electrons. The van der Waals surface area contributed by atoms with Crippen LogP contribution in [0.4, 0.5) is 0 Å². The predicted molar refractivity (Wildman–Crippen MR) is 75.4 cm³/mol. The van der Waals surface area contributed by atoms with E-state index in [0.29, 0.717) is 0 Å². The Morgan fingerprint density at radius 3 is 2.89 bits per heavy atom. The molecular weight excluding hydrogens is 244 g/mol. The third-order valence-electron chi connectivity index (χ3n) is 2.91. The zero-order valence-electron chi connectivity index (χ0n) is 10.9. The molecular formula is C14H18N2OS. The first-order valence-corrected chi connectivity index (χ1v) is 6.97. The van der Waals surface area contributed by atoms with Gasteiger partial charge in [0.25, 0.3) is 0 Å². The lowest BCUT2D eigenvalue weighted by Gasteiger charge is -2.19. The Bertz CT molecular complexity index is 510. The Hall–Kier alpha value is -1.39. The van der Waals surface area contributed by atoms with Gasteiger partial charge in [0.15, 0.2) is 0 Å². The van der Waals surface area contributed by atoms with Crippen molar-refractivity contribution in [2.75, 3.05) is 13.7 Å². The largest absolute Gasteiger partial charge is 0.495 e. The van der Waals surface area contributed by atoms with Gasteiger partial charge >= 0.3 is 0 Å². The Morgan fingerprint density at radius 1 is 1.44 bits per heavy atom. The van der Waals surface area contributed by atoms with E-state index >= 15 is 0 Å². The van der Waals surface area contributed by atoms with Crippen molar-refractivity contribution < 1.29 is 4.74 Å². The van der Waals surface area contributed by atoms with Crippen LogP contribution in [0.1, 0.15) is 29.8 Å². The van der Waals surface area contributed by atoms with E-state index in [0.717, 1.165) is 18.0 Å². The maximum Gasteiger partial charge on any atom is 0.142 e. The van der Waals surface area contributed by atoms with Crippen molar-refractivity contribution in [3.63, 3.8) is 0 Å². The highest BCUT2D eigenvalue weighted by Gasteiger charge is 2.20. The molecule has 1 unspecified atom stereocenters. The van der Waals surface area contributed by atoms with Crippen LogP contribution in [-0.2, 0) is 0 Å². The molecule has 3 nitrogen and oxygen atoms in total. The monoisotopic (exact) mass is 262 g/mol. The molecule has 0 aliphatic heterocycles. The maximum atomic E-state index is 5.41. The molecule has 0 aliphatic carbocycles. The molecule has 0 amide bonds. The Labute approximate surface area is 112 Å². The van der Waals surface area contributed by atoms with Crippen LogP contribution in [0.25, 0.3) is 0 Å². The first-order valence-electron chi connectivity index (χ1n) is 6.02. The topological polar surface area (TPSA) is 34.2 Å². The summed E-state index contributed by atoms with van der Waals surface area (Å²) in [5.41, 5.74) is 3.51. The first-order chi connectivity index (χ1) is 8.77. The van der Waals surface area contributed by atoms with Crippen LogP contribution in [0, 0.1) is 6.92 Å². The van der Waals surface area contributed by atoms with E-state index in [9.17, 15) is 0 Å². The second-order valence-electron chi connectivity index (χ2n) is 4.09. The quantitative estimate of drug-likeness (QED) is 0.898. The zero-order valence-corrected chi connectivity index (χ0v) is 11.8. The average molecular weight is 262 g/mol. The minimum atomic E-state index is 0.0948. The van der Waals surface area contributed by atoms with Crippen LogP contribution in [-0.4, -0.2) is 18.6 Å². The van der Waals surface area contributed by atoms with Crippen LogP contribution in [0.15, 0.2) is 29.1 Å². The number of thiophene rings is 1. The van der Waals surface area contributed by atoms with Crippen molar-refractivity contribution in [2.24, 2.45) is 0 Å². The Morgan fingerprint density at radius 2 is 2.28 bits per heavy atom. The van der Waals surface area contributed by atoms with Crippen molar-refractivity contribution >= 4 is 11.3 Å². The van der Waals surface area contributed by atoms with Gasteiger partial charge in [-0.05, 0) is 47.5 Å². The molecule has 18 heavy (non-hydrogen) atoms. The van der Waals surface area contributed by atoms with Gasteiger partial charge in [0, 0.05) is 6.20 Å². The highest BCUT2D eigenvalue weighted by molar-refractivity contribution is 7.08. The smallest absolute Gasteiger partial charge is 0.142 e. The van der Waals surface area contributed by atoms with E-state index in [1.54, 1.807) is 18.4 Å². The van der Waals surface area contributed by atoms with Crippen LogP contribution in [0.5, 0.6) is 5.75 Å². The molecule has 4 heteroatoms. The Kier molecular flexibility index (Phi) is 4.33. The second kappa shape index (κ2) is 5.98. The second-order valence-corrected chi connectivity index (χ2v) is 4.84. The number of aryl methyl sites for hydroxylation is 1. The van der Waals surface area contributed by atoms with Crippen molar-refractivity contribution in [1.82, 2.24) is 10.3 Å². The average Bonchev–Trinajstić information content (AvgIpc) is 2.82. The fourth-order valence-corrected chi connectivity index (χ4v) is 2.89. The minimum absolute atomic E-state index is 0.0948. The molecule has 2 aromatic rings. The van der Waals surface area contributed by atoms with Gasteiger partial charge in [-0.1, -0.05) is 6.92 Å². The standard InChI is InChI=1S/C14H18N2OS/c1-4-15-13(11-9-18-8-10(11)2)14-12(17-3)6-5-7-16-14/h5-9,13,15H,4H2,1-3H3. The van der Waals surface area contributed by atoms with Crippen molar-refractivity contribution in [2.45, 2.75) is 19.9 Å². The number of ether oxygens (including phenoxy) is 1. The summed E-state index contributed by atoms with van der Waals surface area (Å²) in [4.78, 5) is 4.48. The molecule has 0 aliphatic rings. The highest BCUT2D eigenvalue weighted by Crippen LogP contribution is 2.31. The molecule has 0 saturated heterocycles. The molecule has 0 fully saturated rings. The SMILES string of the molecule is CCNC(c1cscc1C)c1ncccc1OC. The summed E-state index contributed by atoms with van der Waals surface area (Å²) < 4.78 is 5.41. The normalized spacial score (nSPS) is 12.4. The number of nitrogens with zero attached hydrogens (tertiary/aromatic N) is 1. The van der Waals surface area contributed by atoms with Crippen LogP contribution < -0.4 is 10.1 Å². The van der Waals surface area contributed by atoms with Gasteiger partial charge in [-0.15, -0.1) is 0 Å². The number of hydrogen-bond donors (Lipinski definition) is 1. The molecule has 1 atom stereocenters. The third-order valence-corrected chi connectivity index (χ3v) is 3.79. The van der Waals surface area contributed by atoms with Gasteiger partial charge < -0.3 is 10.1 Å². The van der Waals surface area contributed by atoms with E-state index < -0.39 is 0 Å². The summed E-state index contributed by atoms with van der Waals surface area (Å²) in [5, 5.41) is 7.82. The van der Waals surface area contributed by atoms with Gasteiger partial charge in [-0.2, -0.15) is 11.3 Å². The summed E-state index contributed by atoms with van der Waals surface area (Å²) >= 11 is 1.72. The number of pyridine rings is 1. The van der Waals surface area contributed by atoms with Crippen molar-refractivity contribution in [3.05, 3.63) is 45.9 Å². The molecule has 0 spiro atoms. The van der Waals surface area contributed by atoms with E-state index in [2.05, 4.69) is 34.9 Å².